The summed E-state index contributed by atoms with van der Waals surface area (Å²) in [6.45, 7) is 0.385. The molecular weight excluding hydrogens is 504 g/mol. The number of amides is 3. The highest BCUT2D eigenvalue weighted by Gasteiger charge is 2.32. The molecule has 2 aliphatic rings. The van der Waals surface area contributed by atoms with Crippen molar-refractivity contribution in [3.63, 3.8) is 0 Å². The van der Waals surface area contributed by atoms with E-state index in [1.54, 1.807) is 18.2 Å². The quantitative estimate of drug-likeness (QED) is 0.456. The molecule has 3 aromatic carbocycles. The Morgan fingerprint density at radius 3 is 2.62 bits per heavy atom. The van der Waals surface area contributed by atoms with Crippen LogP contribution in [0.25, 0.3) is 0 Å². The first-order valence-corrected chi connectivity index (χ1v) is 10.8. The Morgan fingerprint density at radius 2 is 1.81 bits per heavy atom. The molecule has 0 bridgehead atoms. The van der Waals surface area contributed by atoms with Gasteiger partial charge in [0.25, 0.3) is 5.91 Å². The van der Waals surface area contributed by atoms with Gasteiger partial charge in [-0.15, -0.1) is 0 Å². The Hall–Kier alpha value is -3.10. The first-order chi connectivity index (χ1) is 15.3. The lowest BCUT2D eigenvalue weighted by atomic mass is 9.98. The summed E-state index contributed by atoms with van der Waals surface area (Å²) in [5.41, 5.74) is 2.73. The Bertz CT molecular complexity index is 1360. The van der Waals surface area contributed by atoms with E-state index in [4.69, 9.17) is 11.6 Å². The number of nitrogens with one attached hydrogen (secondary N) is 1. The van der Waals surface area contributed by atoms with Gasteiger partial charge >= 0.3 is 6.03 Å². The SMILES string of the molecule is O=C1N=C(c2cc(F)ccc2Cl)c2c(NC(=O)N3CCc4cc(F)ccc43)cc(Br)cc21. The molecule has 0 saturated carbocycles. The van der Waals surface area contributed by atoms with E-state index in [1.165, 1.54) is 35.2 Å². The van der Waals surface area contributed by atoms with E-state index in [2.05, 4.69) is 26.2 Å². The van der Waals surface area contributed by atoms with Crippen molar-refractivity contribution in [3.05, 3.63) is 91.9 Å². The molecule has 9 heteroatoms. The number of fused-ring (bicyclic) bond motifs is 2. The van der Waals surface area contributed by atoms with Crippen LogP contribution < -0.4 is 10.2 Å². The topological polar surface area (TPSA) is 61.8 Å². The number of hydrogen-bond donors (Lipinski definition) is 1. The van der Waals surface area contributed by atoms with E-state index in [-0.39, 0.29) is 27.7 Å². The van der Waals surface area contributed by atoms with E-state index in [0.717, 1.165) is 5.56 Å². The van der Waals surface area contributed by atoms with Crippen molar-refractivity contribution in [1.82, 2.24) is 0 Å². The zero-order chi connectivity index (χ0) is 22.6. The van der Waals surface area contributed by atoms with Crippen molar-refractivity contribution >= 4 is 56.6 Å². The van der Waals surface area contributed by atoms with Gasteiger partial charge < -0.3 is 5.32 Å². The number of carbonyl (C=O) groups excluding carboxylic acids is 2. The minimum Gasteiger partial charge on any atom is -0.307 e. The van der Waals surface area contributed by atoms with Crippen LogP contribution in [0.15, 0.2) is 58.0 Å². The molecule has 0 radical (unpaired) electrons. The molecule has 5 rings (SSSR count). The molecule has 1 N–H and O–H groups in total. The molecule has 0 aromatic heterocycles. The molecular formula is C23H13BrClF2N3O2. The smallest absolute Gasteiger partial charge is 0.307 e. The number of anilines is 2. The fourth-order valence-corrected chi connectivity index (χ4v) is 4.65. The number of rotatable bonds is 2. The summed E-state index contributed by atoms with van der Waals surface area (Å²) in [7, 11) is 0. The summed E-state index contributed by atoms with van der Waals surface area (Å²) in [6.07, 6.45) is 0.529. The number of urea groups is 1. The molecule has 3 amide bonds. The molecule has 32 heavy (non-hydrogen) atoms. The average molecular weight is 517 g/mol. The standard InChI is InChI=1S/C23H13BrClF2N3O2/c24-12-8-16-20(21(29-22(16)31)15-10-14(27)1-3-17(15)25)18(9-12)28-23(32)30-6-5-11-7-13(26)2-4-19(11)30/h1-4,7-10H,5-6H2,(H,28,32). The van der Waals surface area contributed by atoms with Crippen molar-refractivity contribution in [1.29, 1.82) is 0 Å². The van der Waals surface area contributed by atoms with E-state index in [9.17, 15) is 18.4 Å². The normalized spacial score (nSPS) is 14.3. The predicted octanol–water partition coefficient (Wildman–Crippen LogP) is 5.97. The highest BCUT2D eigenvalue weighted by atomic mass is 79.9. The summed E-state index contributed by atoms with van der Waals surface area (Å²) in [6, 6.07) is 10.8. The minimum atomic E-state index is -0.531. The van der Waals surface area contributed by atoms with E-state index >= 15 is 0 Å². The van der Waals surface area contributed by atoms with E-state index in [1.807, 2.05) is 0 Å². The van der Waals surface area contributed by atoms with Crippen molar-refractivity contribution in [2.75, 3.05) is 16.8 Å². The lowest BCUT2D eigenvalue weighted by molar-refractivity contribution is 0.101. The first-order valence-electron chi connectivity index (χ1n) is 9.61. The third kappa shape index (κ3) is 3.49. The van der Waals surface area contributed by atoms with Gasteiger partial charge in [-0.1, -0.05) is 27.5 Å². The van der Waals surface area contributed by atoms with Gasteiger partial charge in [0, 0.05) is 27.8 Å². The van der Waals surface area contributed by atoms with Crippen LogP contribution in [0.1, 0.15) is 27.0 Å². The summed E-state index contributed by atoms with van der Waals surface area (Å²) in [5, 5.41) is 3.05. The molecule has 5 nitrogen and oxygen atoms in total. The van der Waals surface area contributed by atoms with Crippen LogP contribution in [-0.2, 0) is 6.42 Å². The second-order valence-electron chi connectivity index (χ2n) is 7.37. The van der Waals surface area contributed by atoms with Crippen LogP contribution in [0.5, 0.6) is 0 Å². The number of aliphatic imine (C=N–C) groups is 1. The lowest BCUT2D eigenvalue weighted by Gasteiger charge is -2.20. The molecule has 0 atom stereocenters. The largest absolute Gasteiger partial charge is 0.326 e. The molecule has 0 saturated heterocycles. The monoisotopic (exact) mass is 515 g/mol. The van der Waals surface area contributed by atoms with Crippen LogP contribution in [0.4, 0.5) is 25.0 Å². The Kier molecular flexibility index (Phi) is 5.06. The van der Waals surface area contributed by atoms with Gasteiger partial charge in [0.15, 0.2) is 0 Å². The van der Waals surface area contributed by atoms with Crippen molar-refractivity contribution in [2.24, 2.45) is 4.99 Å². The van der Waals surface area contributed by atoms with Gasteiger partial charge in [-0.3, -0.25) is 9.69 Å². The molecule has 0 aliphatic carbocycles. The molecule has 2 aliphatic heterocycles. The number of halogens is 4. The molecule has 3 aromatic rings. The van der Waals surface area contributed by atoms with Gasteiger partial charge in [0.05, 0.1) is 22.0 Å². The second kappa shape index (κ2) is 7.79. The summed E-state index contributed by atoms with van der Waals surface area (Å²) in [4.78, 5) is 31.3. The summed E-state index contributed by atoms with van der Waals surface area (Å²) >= 11 is 9.62. The van der Waals surface area contributed by atoms with Crippen LogP contribution in [-0.4, -0.2) is 24.2 Å². The first kappa shape index (κ1) is 20.8. The van der Waals surface area contributed by atoms with Gasteiger partial charge in [-0.2, -0.15) is 0 Å². The Labute approximate surface area is 194 Å². The van der Waals surface area contributed by atoms with Crippen LogP contribution >= 0.6 is 27.5 Å². The number of nitrogens with zero attached hydrogens (tertiary/aromatic N) is 2. The molecule has 2 heterocycles. The number of hydrogen-bond acceptors (Lipinski definition) is 2. The zero-order valence-electron chi connectivity index (χ0n) is 16.3. The molecule has 0 fully saturated rings. The minimum absolute atomic E-state index is 0.182. The average Bonchev–Trinajstić information content (AvgIpc) is 3.30. The van der Waals surface area contributed by atoms with Crippen LogP contribution in [0.2, 0.25) is 5.02 Å². The lowest BCUT2D eigenvalue weighted by Crippen LogP contribution is -2.33. The van der Waals surface area contributed by atoms with E-state index in [0.29, 0.717) is 34.4 Å². The van der Waals surface area contributed by atoms with Gasteiger partial charge in [0.1, 0.15) is 11.6 Å². The maximum Gasteiger partial charge on any atom is 0.326 e. The van der Waals surface area contributed by atoms with Crippen molar-refractivity contribution in [2.45, 2.75) is 6.42 Å². The highest BCUT2D eigenvalue weighted by molar-refractivity contribution is 9.10. The third-order valence-electron chi connectivity index (χ3n) is 5.39. The zero-order valence-corrected chi connectivity index (χ0v) is 18.6. The van der Waals surface area contributed by atoms with Gasteiger partial charge in [-0.25, -0.2) is 18.6 Å². The van der Waals surface area contributed by atoms with Crippen LogP contribution in [0, 0.1) is 11.6 Å². The predicted molar refractivity (Wildman–Crippen MR) is 122 cm³/mol. The van der Waals surface area contributed by atoms with E-state index < -0.39 is 17.8 Å². The molecule has 160 valence electrons. The van der Waals surface area contributed by atoms with Gasteiger partial charge in [-0.05, 0) is 60.5 Å². The maximum absolute atomic E-state index is 13.9. The molecule has 0 spiro atoms. The number of carbonyl (C=O) groups is 2. The fourth-order valence-electron chi connectivity index (χ4n) is 3.98. The second-order valence-corrected chi connectivity index (χ2v) is 8.69. The summed E-state index contributed by atoms with van der Waals surface area (Å²) in [5.74, 6) is -1.41. The third-order valence-corrected chi connectivity index (χ3v) is 6.18. The van der Waals surface area contributed by atoms with Crippen molar-refractivity contribution in [3.8, 4) is 0 Å². The van der Waals surface area contributed by atoms with Crippen LogP contribution in [0.3, 0.4) is 0 Å². The fraction of sp³-hybridized carbons (Fsp3) is 0.0870. The Balaban J connectivity index is 1.55. The summed E-state index contributed by atoms with van der Waals surface area (Å²) < 4.78 is 28.0. The highest BCUT2D eigenvalue weighted by Crippen LogP contribution is 2.36. The van der Waals surface area contributed by atoms with Crippen molar-refractivity contribution < 1.29 is 18.4 Å². The van der Waals surface area contributed by atoms with Gasteiger partial charge in [0.2, 0.25) is 0 Å². The number of benzene rings is 3. The Morgan fingerprint density at radius 1 is 1.06 bits per heavy atom. The maximum atomic E-state index is 13.9. The molecule has 0 unspecified atom stereocenters.